The third-order valence-corrected chi connectivity index (χ3v) is 5.09. The molecule has 0 aromatic carbocycles. The number of rotatable bonds is 2. The molecule has 0 spiro atoms. The standard InChI is InChI=1S/C13H22N4S/c14-11-1-3-12(4-2-11)16-6-8-17(9-7-16)13-15-5-10-18-13/h5,10-12H,1-4,6-9,14H2. The Balaban J connectivity index is 1.51. The Morgan fingerprint density at radius 1 is 1.11 bits per heavy atom. The Hall–Kier alpha value is -0.650. The fraction of sp³-hybridized carbons (Fsp3) is 0.769. The maximum absolute atomic E-state index is 5.98. The van der Waals surface area contributed by atoms with Crippen LogP contribution in [0.15, 0.2) is 11.6 Å². The molecule has 0 amide bonds. The minimum absolute atomic E-state index is 0.456. The van der Waals surface area contributed by atoms with Crippen molar-refractivity contribution in [3.8, 4) is 0 Å². The second-order valence-corrected chi connectivity index (χ2v) is 6.28. The van der Waals surface area contributed by atoms with Crippen LogP contribution >= 0.6 is 11.3 Å². The molecule has 4 nitrogen and oxygen atoms in total. The first-order valence-corrected chi connectivity index (χ1v) is 7.85. The van der Waals surface area contributed by atoms with Crippen LogP contribution < -0.4 is 10.6 Å². The lowest BCUT2D eigenvalue weighted by Crippen LogP contribution is -2.51. The van der Waals surface area contributed by atoms with Crippen molar-refractivity contribution in [2.45, 2.75) is 37.8 Å². The number of anilines is 1. The third-order valence-electron chi connectivity index (χ3n) is 4.26. The molecule has 3 rings (SSSR count). The van der Waals surface area contributed by atoms with Gasteiger partial charge in [-0.05, 0) is 25.7 Å². The van der Waals surface area contributed by atoms with Crippen molar-refractivity contribution in [3.63, 3.8) is 0 Å². The fourth-order valence-electron chi connectivity index (χ4n) is 3.12. The molecule has 2 N–H and O–H groups in total. The van der Waals surface area contributed by atoms with E-state index in [2.05, 4.69) is 20.2 Å². The van der Waals surface area contributed by atoms with E-state index in [9.17, 15) is 0 Å². The highest BCUT2D eigenvalue weighted by Crippen LogP contribution is 2.25. The lowest BCUT2D eigenvalue weighted by atomic mass is 9.90. The lowest BCUT2D eigenvalue weighted by Gasteiger charge is -2.41. The normalized spacial score (nSPS) is 30.6. The van der Waals surface area contributed by atoms with E-state index in [4.69, 9.17) is 5.73 Å². The van der Waals surface area contributed by atoms with Gasteiger partial charge in [0.15, 0.2) is 5.13 Å². The summed E-state index contributed by atoms with van der Waals surface area (Å²) in [5, 5.41) is 3.24. The zero-order chi connectivity index (χ0) is 12.4. The molecule has 100 valence electrons. The topological polar surface area (TPSA) is 45.4 Å². The molecule has 2 aliphatic rings. The molecule has 1 saturated carbocycles. The second-order valence-electron chi connectivity index (χ2n) is 5.41. The van der Waals surface area contributed by atoms with E-state index in [1.807, 2.05) is 6.20 Å². The summed E-state index contributed by atoms with van der Waals surface area (Å²) in [5.74, 6) is 0. The average molecular weight is 266 g/mol. The summed E-state index contributed by atoms with van der Waals surface area (Å²) in [5.41, 5.74) is 5.98. The van der Waals surface area contributed by atoms with E-state index in [0.717, 1.165) is 19.1 Å². The van der Waals surface area contributed by atoms with Gasteiger partial charge in [0.25, 0.3) is 0 Å². The van der Waals surface area contributed by atoms with Gasteiger partial charge in [0, 0.05) is 49.8 Å². The molecule has 2 fully saturated rings. The molecule has 5 heteroatoms. The Morgan fingerprint density at radius 2 is 1.83 bits per heavy atom. The zero-order valence-electron chi connectivity index (χ0n) is 10.8. The van der Waals surface area contributed by atoms with Crippen molar-refractivity contribution in [2.24, 2.45) is 5.73 Å². The van der Waals surface area contributed by atoms with E-state index < -0.39 is 0 Å². The Kier molecular flexibility index (Phi) is 3.82. The molecule has 0 unspecified atom stereocenters. The lowest BCUT2D eigenvalue weighted by molar-refractivity contribution is 0.142. The molecule has 0 radical (unpaired) electrons. The van der Waals surface area contributed by atoms with Gasteiger partial charge in [-0.1, -0.05) is 0 Å². The molecule has 1 aromatic heterocycles. The number of hydrogen-bond donors (Lipinski definition) is 1. The van der Waals surface area contributed by atoms with Gasteiger partial charge in [-0.2, -0.15) is 0 Å². The maximum atomic E-state index is 5.98. The van der Waals surface area contributed by atoms with Gasteiger partial charge in [-0.15, -0.1) is 11.3 Å². The van der Waals surface area contributed by atoms with Gasteiger partial charge in [-0.3, -0.25) is 4.90 Å². The average Bonchev–Trinajstić information content (AvgIpc) is 2.94. The number of aromatic nitrogens is 1. The Bertz CT molecular complexity index is 351. The molecule has 0 bridgehead atoms. The van der Waals surface area contributed by atoms with Gasteiger partial charge >= 0.3 is 0 Å². The summed E-state index contributed by atoms with van der Waals surface area (Å²) in [7, 11) is 0. The van der Waals surface area contributed by atoms with Crippen LogP contribution in [0.3, 0.4) is 0 Å². The van der Waals surface area contributed by atoms with Crippen molar-refractivity contribution in [2.75, 3.05) is 31.1 Å². The van der Waals surface area contributed by atoms with Gasteiger partial charge in [0.2, 0.25) is 0 Å². The van der Waals surface area contributed by atoms with E-state index in [1.165, 1.54) is 43.9 Å². The first-order valence-electron chi connectivity index (χ1n) is 6.97. The highest BCUT2D eigenvalue weighted by atomic mass is 32.1. The van der Waals surface area contributed by atoms with E-state index in [1.54, 1.807) is 11.3 Å². The quantitative estimate of drug-likeness (QED) is 0.882. The van der Waals surface area contributed by atoms with Crippen molar-refractivity contribution >= 4 is 16.5 Å². The van der Waals surface area contributed by atoms with Crippen molar-refractivity contribution in [1.29, 1.82) is 0 Å². The second kappa shape index (κ2) is 5.55. The summed E-state index contributed by atoms with van der Waals surface area (Å²) >= 11 is 1.75. The molecule has 2 heterocycles. The molecule has 0 atom stereocenters. The highest BCUT2D eigenvalue weighted by molar-refractivity contribution is 7.13. The maximum Gasteiger partial charge on any atom is 0.185 e. The first kappa shape index (κ1) is 12.4. The number of piperazine rings is 1. The summed E-state index contributed by atoms with van der Waals surface area (Å²) < 4.78 is 0. The predicted octanol–water partition coefficient (Wildman–Crippen LogP) is 1.53. The van der Waals surface area contributed by atoms with Gasteiger partial charge in [0.1, 0.15) is 0 Å². The van der Waals surface area contributed by atoms with Crippen LogP contribution in [0.4, 0.5) is 5.13 Å². The van der Waals surface area contributed by atoms with Crippen LogP contribution in [0.1, 0.15) is 25.7 Å². The fourth-order valence-corrected chi connectivity index (χ4v) is 3.81. The molecule has 1 saturated heterocycles. The highest BCUT2D eigenvalue weighted by Gasteiger charge is 2.27. The zero-order valence-corrected chi connectivity index (χ0v) is 11.6. The summed E-state index contributed by atoms with van der Waals surface area (Å²) in [4.78, 5) is 9.47. The van der Waals surface area contributed by atoms with Gasteiger partial charge < -0.3 is 10.6 Å². The summed E-state index contributed by atoms with van der Waals surface area (Å²) in [6.45, 7) is 4.60. The van der Waals surface area contributed by atoms with Crippen LogP contribution in [0.2, 0.25) is 0 Å². The SMILES string of the molecule is NC1CCC(N2CCN(c3nccs3)CC2)CC1. The summed E-state index contributed by atoms with van der Waals surface area (Å²) in [6.07, 6.45) is 6.89. The number of nitrogens with zero attached hydrogens (tertiary/aromatic N) is 3. The van der Waals surface area contributed by atoms with Crippen molar-refractivity contribution in [3.05, 3.63) is 11.6 Å². The molecule has 1 aliphatic carbocycles. The van der Waals surface area contributed by atoms with Crippen LogP contribution in [0.5, 0.6) is 0 Å². The van der Waals surface area contributed by atoms with Crippen molar-refractivity contribution in [1.82, 2.24) is 9.88 Å². The van der Waals surface area contributed by atoms with Crippen molar-refractivity contribution < 1.29 is 0 Å². The third kappa shape index (κ3) is 2.68. The smallest absolute Gasteiger partial charge is 0.185 e. The molecular weight excluding hydrogens is 244 g/mol. The Morgan fingerprint density at radius 3 is 2.44 bits per heavy atom. The minimum atomic E-state index is 0.456. The van der Waals surface area contributed by atoms with Gasteiger partial charge in [0.05, 0.1) is 0 Å². The van der Waals surface area contributed by atoms with E-state index in [0.29, 0.717) is 6.04 Å². The molecule has 1 aliphatic heterocycles. The predicted molar refractivity (Wildman–Crippen MR) is 76.1 cm³/mol. The van der Waals surface area contributed by atoms with E-state index >= 15 is 0 Å². The summed E-state index contributed by atoms with van der Waals surface area (Å²) in [6, 6.07) is 1.24. The monoisotopic (exact) mass is 266 g/mol. The van der Waals surface area contributed by atoms with Crippen LogP contribution in [0.25, 0.3) is 0 Å². The van der Waals surface area contributed by atoms with E-state index in [-0.39, 0.29) is 0 Å². The molecule has 18 heavy (non-hydrogen) atoms. The number of nitrogens with two attached hydrogens (primary N) is 1. The minimum Gasteiger partial charge on any atom is -0.346 e. The molecule has 1 aromatic rings. The first-order chi connectivity index (χ1) is 8.83. The largest absolute Gasteiger partial charge is 0.346 e. The number of thiazole rings is 1. The number of hydrogen-bond acceptors (Lipinski definition) is 5. The van der Waals surface area contributed by atoms with Crippen LogP contribution in [-0.2, 0) is 0 Å². The van der Waals surface area contributed by atoms with Crippen LogP contribution in [-0.4, -0.2) is 48.1 Å². The molecular formula is C13H22N4S. The van der Waals surface area contributed by atoms with Gasteiger partial charge in [-0.25, -0.2) is 4.98 Å². The van der Waals surface area contributed by atoms with Crippen LogP contribution in [0, 0.1) is 0 Å². The Labute approximate surface area is 113 Å².